The number of aryl methyl sites for hydroxylation is 1. The van der Waals surface area contributed by atoms with Gasteiger partial charge in [0.15, 0.2) is 6.29 Å². The molecule has 0 amide bonds. The Balaban J connectivity index is 2.50. The van der Waals surface area contributed by atoms with E-state index in [4.69, 9.17) is 0 Å². The summed E-state index contributed by atoms with van der Waals surface area (Å²) >= 11 is 0. The Labute approximate surface area is 100 Å². The minimum Gasteiger partial charge on any atom is -0.296 e. The molecule has 4 nitrogen and oxygen atoms in total. The quantitative estimate of drug-likeness (QED) is 0.774. The molecule has 94 valence electrons. The first-order valence-electron chi connectivity index (χ1n) is 4.97. The summed E-state index contributed by atoms with van der Waals surface area (Å²) in [5, 5.41) is 7.07. The van der Waals surface area contributed by atoms with Crippen LogP contribution in [0.1, 0.15) is 21.6 Å². The van der Waals surface area contributed by atoms with Crippen LogP contribution in [0.25, 0.3) is 5.69 Å². The van der Waals surface area contributed by atoms with Crippen LogP contribution in [0.4, 0.5) is 13.2 Å². The van der Waals surface area contributed by atoms with Crippen molar-refractivity contribution in [3.63, 3.8) is 0 Å². The van der Waals surface area contributed by atoms with Gasteiger partial charge in [0.1, 0.15) is 5.69 Å². The highest BCUT2D eigenvalue weighted by Gasteiger charge is 2.32. The minimum absolute atomic E-state index is 0.0594. The van der Waals surface area contributed by atoms with Crippen LogP contribution in [-0.2, 0) is 6.18 Å². The van der Waals surface area contributed by atoms with E-state index in [1.807, 2.05) is 0 Å². The number of hydrogen-bond acceptors (Lipinski definition) is 3. The highest BCUT2D eigenvalue weighted by atomic mass is 19.4. The summed E-state index contributed by atoms with van der Waals surface area (Å²) in [6, 6.07) is 3.80. The zero-order valence-electron chi connectivity index (χ0n) is 9.27. The summed E-state index contributed by atoms with van der Waals surface area (Å²) in [6.07, 6.45) is -2.69. The normalized spacial score (nSPS) is 11.6. The molecule has 1 heterocycles. The standard InChI is InChI=1S/C11H8F3N3O/c1-7-2-3-9(4-10(7)11(12,13)14)17-5-8(6-18)15-16-17/h2-6H,1H3. The Bertz CT molecular complexity index is 589. The van der Waals surface area contributed by atoms with Crippen LogP contribution in [0, 0.1) is 6.92 Å². The number of hydrogen-bond donors (Lipinski definition) is 0. The average Bonchev–Trinajstić information content (AvgIpc) is 2.76. The Morgan fingerprint density at radius 1 is 1.33 bits per heavy atom. The lowest BCUT2D eigenvalue weighted by Crippen LogP contribution is -2.09. The molecule has 0 spiro atoms. The molecule has 0 saturated heterocycles. The molecule has 0 radical (unpaired) electrons. The molecule has 7 heteroatoms. The van der Waals surface area contributed by atoms with Crippen molar-refractivity contribution in [3.05, 3.63) is 41.2 Å². The van der Waals surface area contributed by atoms with Crippen molar-refractivity contribution < 1.29 is 18.0 Å². The van der Waals surface area contributed by atoms with E-state index < -0.39 is 11.7 Å². The molecule has 0 N–H and O–H groups in total. The van der Waals surface area contributed by atoms with Crippen LogP contribution < -0.4 is 0 Å². The first kappa shape index (κ1) is 12.3. The van der Waals surface area contributed by atoms with Crippen molar-refractivity contribution in [1.29, 1.82) is 0 Å². The molecule has 0 aliphatic heterocycles. The number of aromatic nitrogens is 3. The molecule has 0 unspecified atom stereocenters. The van der Waals surface area contributed by atoms with Crippen LogP contribution in [0.3, 0.4) is 0 Å². The predicted molar refractivity (Wildman–Crippen MR) is 56.5 cm³/mol. The van der Waals surface area contributed by atoms with E-state index in [0.29, 0.717) is 6.29 Å². The van der Waals surface area contributed by atoms with Gasteiger partial charge < -0.3 is 0 Å². The number of aldehydes is 1. The fourth-order valence-corrected chi connectivity index (χ4v) is 1.51. The van der Waals surface area contributed by atoms with E-state index >= 15 is 0 Å². The van der Waals surface area contributed by atoms with Gasteiger partial charge in [-0.25, -0.2) is 4.68 Å². The van der Waals surface area contributed by atoms with E-state index in [1.165, 1.54) is 25.3 Å². The third kappa shape index (κ3) is 2.24. The molecule has 0 fully saturated rings. The molecule has 0 bridgehead atoms. The van der Waals surface area contributed by atoms with E-state index in [2.05, 4.69) is 10.3 Å². The first-order chi connectivity index (χ1) is 8.41. The van der Waals surface area contributed by atoms with Crippen molar-refractivity contribution in [2.75, 3.05) is 0 Å². The number of nitrogens with zero attached hydrogens (tertiary/aromatic N) is 3. The zero-order valence-corrected chi connectivity index (χ0v) is 9.27. The minimum atomic E-state index is -4.42. The van der Waals surface area contributed by atoms with Crippen LogP contribution in [0.2, 0.25) is 0 Å². The fraction of sp³-hybridized carbons (Fsp3) is 0.182. The molecule has 0 aliphatic carbocycles. The van der Waals surface area contributed by atoms with Crippen molar-refractivity contribution >= 4 is 6.29 Å². The van der Waals surface area contributed by atoms with Gasteiger partial charge in [0.2, 0.25) is 0 Å². The van der Waals surface area contributed by atoms with Gasteiger partial charge in [-0.1, -0.05) is 11.3 Å². The lowest BCUT2D eigenvalue weighted by atomic mass is 10.1. The number of carbonyl (C=O) groups is 1. The van der Waals surface area contributed by atoms with Gasteiger partial charge in [-0.2, -0.15) is 13.2 Å². The van der Waals surface area contributed by atoms with Crippen LogP contribution in [0.15, 0.2) is 24.4 Å². The van der Waals surface area contributed by atoms with Crippen molar-refractivity contribution in [2.24, 2.45) is 0 Å². The summed E-state index contributed by atoms with van der Waals surface area (Å²) in [6.45, 7) is 1.38. The van der Waals surface area contributed by atoms with E-state index in [-0.39, 0.29) is 16.9 Å². The van der Waals surface area contributed by atoms with E-state index in [9.17, 15) is 18.0 Å². The van der Waals surface area contributed by atoms with Crippen molar-refractivity contribution in [3.8, 4) is 5.69 Å². The maximum Gasteiger partial charge on any atom is 0.416 e. The number of halogens is 3. The maximum atomic E-state index is 12.7. The van der Waals surface area contributed by atoms with Crippen LogP contribution in [-0.4, -0.2) is 21.3 Å². The smallest absolute Gasteiger partial charge is 0.296 e. The second-order valence-corrected chi connectivity index (χ2v) is 3.70. The SMILES string of the molecule is Cc1ccc(-n2cc(C=O)nn2)cc1C(F)(F)F. The summed E-state index contributed by atoms with van der Waals surface area (Å²) in [5.41, 5.74) is -0.345. The predicted octanol–water partition coefficient (Wildman–Crippen LogP) is 2.41. The summed E-state index contributed by atoms with van der Waals surface area (Å²) < 4.78 is 39.3. The van der Waals surface area contributed by atoms with Crippen LogP contribution in [0.5, 0.6) is 0 Å². The maximum absolute atomic E-state index is 12.7. The lowest BCUT2D eigenvalue weighted by molar-refractivity contribution is -0.138. The number of carbonyl (C=O) groups excluding carboxylic acids is 1. The molecule has 0 saturated carbocycles. The molecular formula is C11H8F3N3O. The third-order valence-electron chi connectivity index (χ3n) is 2.42. The molecule has 2 aromatic rings. The largest absolute Gasteiger partial charge is 0.416 e. The molecule has 1 aromatic carbocycles. The Morgan fingerprint density at radius 2 is 2.06 bits per heavy atom. The zero-order chi connectivity index (χ0) is 13.3. The van der Waals surface area contributed by atoms with E-state index in [0.717, 1.165) is 10.7 Å². The topological polar surface area (TPSA) is 47.8 Å². The molecule has 1 aromatic heterocycles. The number of benzene rings is 1. The highest BCUT2D eigenvalue weighted by molar-refractivity contribution is 5.70. The van der Waals surface area contributed by atoms with Crippen LogP contribution >= 0.6 is 0 Å². The average molecular weight is 255 g/mol. The number of rotatable bonds is 2. The lowest BCUT2D eigenvalue weighted by Gasteiger charge is -2.11. The Morgan fingerprint density at radius 3 is 2.61 bits per heavy atom. The Kier molecular flexibility index (Phi) is 2.90. The second-order valence-electron chi connectivity index (χ2n) is 3.70. The fourth-order valence-electron chi connectivity index (χ4n) is 1.51. The number of alkyl halides is 3. The third-order valence-corrected chi connectivity index (χ3v) is 2.42. The van der Waals surface area contributed by atoms with Crippen molar-refractivity contribution in [2.45, 2.75) is 13.1 Å². The van der Waals surface area contributed by atoms with Gasteiger partial charge in [-0.3, -0.25) is 4.79 Å². The van der Waals surface area contributed by atoms with Gasteiger partial charge in [-0.05, 0) is 24.6 Å². The van der Waals surface area contributed by atoms with Crippen molar-refractivity contribution in [1.82, 2.24) is 15.0 Å². The summed E-state index contributed by atoms with van der Waals surface area (Å²) in [7, 11) is 0. The summed E-state index contributed by atoms with van der Waals surface area (Å²) in [5.74, 6) is 0. The molecule has 0 aliphatic rings. The summed E-state index contributed by atoms with van der Waals surface area (Å²) in [4.78, 5) is 10.4. The van der Waals surface area contributed by atoms with E-state index in [1.54, 1.807) is 0 Å². The molecule has 2 rings (SSSR count). The molecule has 0 atom stereocenters. The molecule has 18 heavy (non-hydrogen) atoms. The highest BCUT2D eigenvalue weighted by Crippen LogP contribution is 2.32. The monoisotopic (exact) mass is 255 g/mol. The first-order valence-corrected chi connectivity index (χ1v) is 4.97. The van der Waals surface area contributed by atoms with Gasteiger partial charge in [0.05, 0.1) is 17.4 Å². The Hall–Kier alpha value is -2.18. The molecular weight excluding hydrogens is 247 g/mol. The van der Waals surface area contributed by atoms with Gasteiger partial charge in [0.25, 0.3) is 0 Å². The second kappa shape index (κ2) is 4.25. The van der Waals surface area contributed by atoms with Gasteiger partial charge >= 0.3 is 6.18 Å². The van der Waals surface area contributed by atoms with Gasteiger partial charge in [-0.15, -0.1) is 5.10 Å². The van der Waals surface area contributed by atoms with Gasteiger partial charge in [0, 0.05) is 0 Å².